The fourth-order valence-electron chi connectivity index (χ4n) is 3.46. The summed E-state index contributed by atoms with van der Waals surface area (Å²) in [5.41, 5.74) is 5.77. The highest BCUT2D eigenvalue weighted by Gasteiger charge is 2.33. The lowest BCUT2D eigenvalue weighted by atomic mass is 9.90. The average Bonchev–Trinajstić information content (AvgIpc) is 2.38. The minimum atomic E-state index is -2.87. The van der Waals surface area contributed by atoms with Gasteiger partial charge in [0.1, 0.15) is 9.84 Å². The van der Waals surface area contributed by atoms with Crippen molar-refractivity contribution in [3.63, 3.8) is 0 Å². The van der Waals surface area contributed by atoms with Crippen LogP contribution in [0.25, 0.3) is 0 Å². The molecule has 1 saturated carbocycles. The Kier molecular flexibility index (Phi) is 4.67. The van der Waals surface area contributed by atoms with Crippen molar-refractivity contribution in [3.8, 4) is 0 Å². The van der Waals surface area contributed by atoms with Gasteiger partial charge in [0.15, 0.2) is 0 Å². The van der Waals surface area contributed by atoms with E-state index in [4.69, 9.17) is 5.73 Å². The Hall–Kier alpha value is -0.130. The first-order valence-corrected chi connectivity index (χ1v) is 9.09. The number of nitrogens with zero attached hydrogens (tertiary/aromatic N) is 1. The molecule has 106 valence electrons. The second kappa shape index (κ2) is 5.88. The monoisotopic (exact) mass is 274 g/mol. The summed E-state index contributed by atoms with van der Waals surface area (Å²) in [6.45, 7) is 2.95. The molecule has 1 heterocycles. The lowest BCUT2D eigenvalue weighted by Crippen LogP contribution is -2.47. The number of sulfone groups is 1. The van der Waals surface area contributed by atoms with Crippen LogP contribution in [0.5, 0.6) is 0 Å². The van der Waals surface area contributed by atoms with E-state index in [1.54, 1.807) is 0 Å². The Morgan fingerprint density at radius 1 is 1.22 bits per heavy atom. The fraction of sp³-hybridized carbons (Fsp3) is 1.00. The van der Waals surface area contributed by atoms with Crippen LogP contribution < -0.4 is 5.73 Å². The molecule has 3 atom stereocenters. The third-order valence-corrected chi connectivity index (χ3v) is 6.24. The number of hydrogen-bond acceptors (Lipinski definition) is 4. The zero-order chi connectivity index (χ0) is 13.2. The first kappa shape index (κ1) is 14.3. The minimum Gasteiger partial charge on any atom is -0.330 e. The summed E-state index contributed by atoms with van der Waals surface area (Å²) in [7, 11) is -2.87. The third-order valence-electron chi connectivity index (χ3n) is 4.60. The van der Waals surface area contributed by atoms with Crippen molar-refractivity contribution in [2.75, 3.05) is 25.9 Å². The van der Waals surface area contributed by atoms with Gasteiger partial charge in [0.2, 0.25) is 0 Å². The molecule has 1 aliphatic heterocycles. The SMILES string of the molecule is CS(=O)(=O)C1CCCC(N2CCCC(CN)C2)C1. The number of nitrogens with two attached hydrogens (primary N) is 1. The smallest absolute Gasteiger partial charge is 0.150 e. The van der Waals surface area contributed by atoms with E-state index in [2.05, 4.69) is 4.90 Å². The largest absolute Gasteiger partial charge is 0.330 e. The lowest BCUT2D eigenvalue weighted by molar-refractivity contribution is 0.102. The molecule has 3 unspecified atom stereocenters. The van der Waals surface area contributed by atoms with Crippen molar-refractivity contribution in [2.45, 2.75) is 49.8 Å². The van der Waals surface area contributed by atoms with Crippen LogP contribution in [0.4, 0.5) is 0 Å². The molecule has 2 rings (SSSR count). The zero-order valence-corrected chi connectivity index (χ0v) is 12.2. The van der Waals surface area contributed by atoms with E-state index in [0.29, 0.717) is 12.0 Å². The fourth-order valence-corrected chi connectivity index (χ4v) is 4.63. The van der Waals surface area contributed by atoms with E-state index in [0.717, 1.165) is 45.3 Å². The molecule has 5 heteroatoms. The van der Waals surface area contributed by atoms with E-state index in [-0.39, 0.29) is 5.25 Å². The summed E-state index contributed by atoms with van der Waals surface area (Å²) in [6, 6.07) is 0.466. The molecule has 1 aliphatic carbocycles. The standard InChI is InChI=1S/C13H26N2O2S/c1-18(16,17)13-6-2-5-12(8-13)15-7-3-4-11(9-14)10-15/h11-13H,2-10,14H2,1H3. The van der Waals surface area contributed by atoms with E-state index in [1.165, 1.54) is 19.1 Å². The second-order valence-electron chi connectivity index (χ2n) is 6.01. The molecule has 0 aromatic heterocycles. The van der Waals surface area contributed by atoms with Crippen LogP contribution in [0.1, 0.15) is 38.5 Å². The van der Waals surface area contributed by atoms with E-state index in [9.17, 15) is 8.42 Å². The summed E-state index contributed by atoms with van der Waals surface area (Å²) in [4.78, 5) is 2.50. The molecule has 2 N–H and O–H groups in total. The van der Waals surface area contributed by atoms with Crippen LogP contribution in [0.2, 0.25) is 0 Å². The topological polar surface area (TPSA) is 63.4 Å². The molecule has 0 spiro atoms. The molecule has 0 amide bonds. The quantitative estimate of drug-likeness (QED) is 0.834. The lowest BCUT2D eigenvalue weighted by Gasteiger charge is -2.41. The molecule has 4 nitrogen and oxygen atoms in total. The van der Waals surface area contributed by atoms with Crippen LogP contribution in [0.3, 0.4) is 0 Å². The molecule has 2 fully saturated rings. The summed E-state index contributed by atoms with van der Waals surface area (Å²) >= 11 is 0. The molecule has 1 saturated heterocycles. The Balaban J connectivity index is 1.96. The number of rotatable bonds is 3. The van der Waals surface area contributed by atoms with Crippen LogP contribution in [-0.4, -0.2) is 50.5 Å². The first-order chi connectivity index (χ1) is 8.50. The number of likely N-dealkylation sites (tertiary alicyclic amines) is 1. The molecule has 18 heavy (non-hydrogen) atoms. The van der Waals surface area contributed by atoms with Gasteiger partial charge in [0.05, 0.1) is 5.25 Å². The Labute approximate surface area is 111 Å². The number of hydrogen-bond donors (Lipinski definition) is 1. The van der Waals surface area contributed by atoms with Gasteiger partial charge in [-0.05, 0) is 51.1 Å². The van der Waals surface area contributed by atoms with Gasteiger partial charge in [-0.1, -0.05) is 6.42 Å². The third kappa shape index (κ3) is 3.45. The Bertz CT molecular complexity index is 369. The predicted molar refractivity (Wildman–Crippen MR) is 74.2 cm³/mol. The number of piperidine rings is 1. The van der Waals surface area contributed by atoms with Gasteiger partial charge in [-0.25, -0.2) is 8.42 Å². The van der Waals surface area contributed by atoms with Crippen LogP contribution in [0.15, 0.2) is 0 Å². The summed E-state index contributed by atoms with van der Waals surface area (Å²) in [5.74, 6) is 0.609. The van der Waals surface area contributed by atoms with Gasteiger partial charge in [-0.3, -0.25) is 0 Å². The average molecular weight is 274 g/mol. The molecule has 0 aromatic rings. The van der Waals surface area contributed by atoms with Crippen LogP contribution >= 0.6 is 0 Å². The first-order valence-electron chi connectivity index (χ1n) is 7.13. The summed E-state index contributed by atoms with van der Waals surface area (Å²) in [6.07, 6.45) is 7.71. The maximum atomic E-state index is 11.7. The van der Waals surface area contributed by atoms with E-state index < -0.39 is 9.84 Å². The van der Waals surface area contributed by atoms with Gasteiger partial charge in [-0.15, -0.1) is 0 Å². The van der Waals surface area contributed by atoms with Gasteiger partial charge >= 0.3 is 0 Å². The van der Waals surface area contributed by atoms with Crippen molar-refractivity contribution in [2.24, 2.45) is 11.7 Å². The van der Waals surface area contributed by atoms with Crippen LogP contribution in [-0.2, 0) is 9.84 Å². The molecule has 0 aromatic carbocycles. The van der Waals surface area contributed by atoms with Crippen molar-refractivity contribution < 1.29 is 8.42 Å². The minimum absolute atomic E-state index is 0.116. The normalized spacial score (nSPS) is 35.6. The maximum absolute atomic E-state index is 11.7. The maximum Gasteiger partial charge on any atom is 0.150 e. The molecule has 0 radical (unpaired) electrons. The van der Waals surface area contributed by atoms with Gasteiger partial charge in [0, 0.05) is 18.8 Å². The van der Waals surface area contributed by atoms with Crippen molar-refractivity contribution in [1.82, 2.24) is 4.90 Å². The van der Waals surface area contributed by atoms with E-state index in [1.807, 2.05) is 0 Å². The zero-order valence-electron chi connectivity index (χ0n) is 11.3. The highest BCUT2D eigenvalue weighted by atomic mass is 32.2. The van der Waals surface area contributed by atoms with Crippen LogP contribution in [0, 0.1) is 5.92 Å². The van der Waals surface area contributed by atoms with Gasteiger partial charge in [0.25, 0.3) is 0 Å². The Morgan fingerprint density at radius 3 is 2.67 bits per heavy atom. The molecular formula is C13H26N2O2S. The Morgan fingerprint density at radius 2 is 2.00 bits per heavy atom. The van der Waals surface area contributed by atoms with Gasteiger partial charge in [-0.2, -0.15) is 0 Å². The summed E-state index contributed by atoms with van der Waals surface area (Å²) in [5, 5.41) is -0.116. The summed E-state index contributed by atoms with van der Waals surface area (Å²) < 4.78 is 23.4. The highest BCUT2D eigenvalue weighted by Crippen LogP contribution is 2.29. The van der Waals surface area contributed by atoms with Crippen molar-refractivity contribution >= 4 is 9.84 Å². The highest BCUT2D eigenvalue weighted by molar-refractivity contribution is 7.91. The van der Waals surface area contributed by atoms with Crippen molar-refractivity contribution in [3.05, 3.63) is 0 Å². The van der Waals surface area contributed by atoms with Crippen molar-refractivity contribution in [1.29, 1.82) is 0 Å². The second-order valence-corrected chi connectivity index (χ2v) is 8.34. The molecule has 2 aliphatic rings. The van der Waals surface area contributed by atoms with E-state index >= 15 is 0 Å². The van der Waals surface area contributed by atoms with Gasteiger partial charge < -0.3 is 10.6 Å². The predicted octanol–water partition coefficient (Wildman–Crippen LogP) is 1.01. The molecule has 0 bridgehead atoms. The molecular weight excluding hydrogens is 248 g/mol.